The average Bonchev–Trinajstić information content (AvgIpc) is 3.26. The molecule has 4 aliphatic rings. The molecule has 5 rings (SSSR count). The highest BCUT2D eigenvalue weighted by molar-refractivity contribution is 9.10. The Balaban J connectivity index is 1.44. The fourth-order valence-corrected chi connectivity index (χ4v) is 6.94. The van der Waals surface area contributed by atoms with E-state index in [0.717, 1.165) is 19.3 Å². The third kappa shape index (κ3) is 6.73. The Labute approximate surface area is 254 Å². The summed E-state index contributed by atoms with van der Waals surface area (Å²) >= 11 is 3.29. The van der Waals surface area contributed by atoms with Crippen molar-refractivity contribution >= 4 is 49.9 Å². The van der Waals surface area contributed by atoms with Crippen LogP contribution in [-0.2, 0) is 33.4 Å². The molecular formula is C29H36BrN3O8S. The number of hydrogen-bond acceptors (Lipinski definition) is 9. The van der Waals surface area contributed by atoms with Gasteiger partial charge in [0.15, 0.2) is 5.54 Å². The number of ether oxygens (including phenoxy) is 2. The maximum Gasteiger partial charge on any atom is 0.408 e. The van der Waals surface area contributed by atoms with Crippen molar-refractivity contribution in [3.63, 3.8) is 0 Å². The van der Waals surface area contributed by atoms with Crippen molar-refractivity contribution < 1.29 is 36.5 Å². The van der Waals surface area contributed by atoms with Crippen molar-refractivity contribution in [3.05, 3.63) is 40.9 Å². The quantitative estimate of drug-likeness (QED) is 0.286. The number of carbonyl (C=O) groups is 3. The number of esters is 1. The Kier molecular flexibility index (Phi) is 8.56. The summed E-state index contributed by atoms with van der Waals surface area (Å²) < 4.78 is 43.6. The van der Waals surface area contributed by atoms with E-state index in [1.54, 1.807) is 32.9 Å². The standard InChI is InChI=1S/C29H36BrN3O8S/c1-28(2,3)40-27(36)31-22-10-8-6-4-5-7-9-18-16-29(18)26(35)39-24(32-29)23-15-20(17-33(23)25(22)34)41-42(37,38)21-13-11-19(30)12-14-21/h7,9,11-14,18,20,22-23H,4-6,8,10,15-17H2,1-3H3,(H,31,36)/b9-7-/t18?,20-,22-,23-,29+/m0/s1. The van der Waals surface area contributed by atoms with Crippen molar-refractivity contribution in [1.29, 1.82) is 0 Å². The van der Waals surface area contributed by atoms with Crippen LogP contribution >= 0.6 is 15.9 Å². The summed E-state index contributed by atoms with van der Waals surface area (Å²) in [5.41, 5.74) is -1.77. The Morgan fingerprint density at radius 2 is 1.90 bits per heavy atom. The summed E-state index contributed by atoms with van der Waals surface area (Å²) in [6.07, 6.45) is 6.56. The third-order valence-corrected chi connectivity index (χ3v) is 9.67. The zero-order chi connectivity index (χ0) is 30.3. The molecule has 1 aliphatic carbocycles. The zero-order valence-corrected chi connectivity index (χ0v) is 26.3. The summed E-state index contributed by atoms with van der Waals surface area (Å²) in [6, 6.07) is 4.25. The van der Waals surface area contributed by atoms with Crippen molar-refractivity contribution in [1.82, 2.24) is 10.2 Å². The molecule has 1 aromatic rings. The van der Waals surface area contributed by atoms with Gasteiger partial charge in [-0.05, 0) is 70.7 Å². The lowest BCUT2D eigenvalue weighted by atomic mass is 10.0. The SMILES string of the molecule is CC(C)(C)OC(=O)N[C@H]1CCCCC/C=C\C2C[C@@]23N=C(OC3=O)[C@@H]2C[C@H](OS(=O)(=O)c3ccc(Br)cc3)CN2C1=O. The number of amides is 2. The van der Waals surface area contributed by atoms with Crippen LogP contribution in [0.15, 0.2) is 50.8 Å². The smallest absolute Gasteiger partial charge is 0.408 e. The Morgan fingerprint density at radius 1 is 1.17 bits per heavy atom. The molecular weight excluding hydrogens is 630 g/mol. The van der Waals surface area contributed by atoms with Gasteiger partial charge in [0, 0.05) is 23.4 Å². The van der Waals surface area contributed by atoms with Crippen LogP contribution < -0.4 is 5.32 Å². The maximum atomic E-state index is 14.1. The number of nitrogens with one attached hydrogen (secondary N) is 1. The van der Waals surface area contributed by atoms with Gasteiger partial charge in [0.1, 0.15) is 17.7 Å². The van der Waals surface area contributed by atoms with E-state index in [9.17, 15) is 22.8 Å². The van der Waals surface area contributed by atoms with E-state index in [1.165, 1.54) is 17.0 Å². The molecule has 42 heavy (non-hydrogen) atoms. The van der Waals surface area contributed by atoms with E-state index in [4.69, 9.17) is 13.7 Å². The second kappa shape index (κ2) is 11.7. The number of fused-ring (bicyclic) bond motifs is 2. The number of carbonyl (C=O) groups excluding carboxylic acids is 3. The first kappa shape index (κ1) is 30.7. The number of allylic oxidation sites excluding steroid dienone is 1. The third-order valence-electron chi connectivity index (χ3n) is 7.76. The highest BCUT2D eigenvalue weighted by atomic mass is 79.9. The minimum atomic E-state index is -4.17. The molecule has 13 heteroatoms. The molecule has 1 saturated carbocycles. The molecule has 0 aromatic heterocycles. The van der Waals surface area contributed by atoms with Crippen LogP contribution in [0.3, 0.4) is 0 Å². The number of hydrogen-bond donors (Lipinski definition) is 1. The van der Waals surface area contributed by atoms with E-state index >= 15 is 0 Å². The molecule has 1 unspecified atom stereocenters. The van der Waals surface area contributed by atoms with Gasteiger partial charge in [-0.3, -0.25) is 8.98 Å². The lowest BCUT2D eigenvalue weighted by Crippen LogP contribution is -2.52. The number of halogens is 1. The zero-order valence-electron chi connectivity index (χ0n) is 23.9. The largest absolute Gasteiger partial charge is 0.444 e. The Bertz CT molecular complexity index is 1400. The van der Waals surface area contributed by atoms with Crippen molar-refractivity contribution in [2.24, 2.45) is 10.9 Å². The summed E-state index contributed by atoms with van der Waals surface area (Å²) in [5, 5.41) is 2.71. The van der Waals surface area contributed by atoms with Crippen LogP contribution in [0.1, 0.15) is 65.7 Å². The number of rotatable bonds is 4. The van der Waals surface area contributed by atoms with E-state index < -0.39 is 57.4 Å². The topological polar surface area (TPSA) is 141 Å². The molecule has 1 saturated heterocycles. The lowest BCUT2D eigenvalue weighted by Gasteiger charge is -2.29. The van der Waals surface area contributed by atoms with Crippen LogP contribution in [-0.4, -0.2) is 73.1 Å². The molecule has 1 aromatic carbocycles. The summed E-state index contributed by atoms with van der Waals surface area (Å²) in [5.74, 6) is -0.924. The second-order valence-corrected chi connectivity index (χ2v) is 14.7. The predicted octanol–water partition coefficient (Wildman–Crippen LogP) is 4.25. The van der Waals surface area contributed by atoms with E-state index in [2.05, 4.69) is 32.3 Å². The molecule has 0 radical (unpaired) electrons. The van der Waals surface area contributed by atoms with Gasteiger partial charge in [0.2, 0.25) is 11.8 Å². The number of aliphatic imine (C=N–C) groups is 1. The molecule has 1 spiro atoms. The summed E-state index contributed by atoms with van der Waals surface area (Å²) in [6.45, 7) is 5.10. The van der Waals surface area contributed by atoms with Gasteiger partial charge >= 0.3 is 12.1 Å². The normalized spacial score (nSPS) is 30.7. The molecule has 3 heterocycles. The number of alkyl carbamates (subject to hydrolysis) is 1. The van der Waals surface area contributed by atoms with Crippen molar-refractivity contribution in [3.8, 4) is 0 Å². The van der Waals surface area contributed by atoms with Crippen LogP contribution in [0.5, 0.6) is 0 Å². The van der Waals surface area contributed by atoms with E-state index in [0.29, 0.717) is 23.7 Å². The van der Waals surface area contributed by atoms with Gasteiger partial charge in [0.05, 0.1) is 11.0 Å². The predicted molar refractivity (Wildman–Crippen MR) is 156 cm³/mol. The minimum Gasteiger partial charge on any atom is -0.444 e. The first-order chi connectivity index (χ1) is 19.8. The maximum absolute atomic E-state index is 14.1. The Hall–Kier alpha value is -2.77. The van der Waals surface area contributed by atoms with Gasteiger partial charge in [-0.1, -0.05) is 40.9 Å². The minimum absolute atomic E-state index is 0.0258. The van der Waals surface area contributed by atoms with Gasteiger partial charge in [-0.15, -0.1) is 0 Å². The molecule has 5 atom stereocenters. The monoisotopic (exact) mass is 665 g/mol. The first-order valence-corrected chi connectivity index (χ1v) is 16.4. The van der Waals surface area contributed by atoms with Gasteiger partial charge in [-0.2, -0.15) is 8.42 Å². The Morgan fingerprint density at radius 3 is 2.62 bits per heavy atom. The molecule has 2 bridgehead atoms. The molecule has 3 aliphatic heterocycles. The van der Waals surface area contributed by atoms with Crippen LogP contribution in [0.25, 0.3) is 0 Å². The van der Waals surface area contributed by atoms with E-state index in [-0.39, 0.29) is 29.7 Å². The molecule has 2 amide bonds. The number of benzene rings is 1. The summed E-state index contributed by atoms with van der Waals surface area (Å²) in [7, 11) is -4.17. The molecule has 228 valence electrons. The fraction of sp³-hybridized carbons (Fsp3) is 0.586. The molecule has 2 fully saturated rings. The molecule has 11 nitrogen and oxygen atoms in total. The highest BCUT2D eigenvalue weighted by Crippen LogP contribution is 2.52. The summed E-state index contributed by atoms with van der Waals surface area (Å²) in [4.78, 5) is 45.8. The van der Waals surface area contributed by atoms with Gasteiger partial charge < -0.3 is 19.7 Å². The number of nitrogens with zero attached hydrogens (tertiary/aromatic N) is 2. The molecule has 1 N–H and O–H groups in total. The second-order valence-electron chi connectivity index (χ2n) is 12.2. The van der Waals surface area contributed by atoms with Crippen LogP contribution in [0.2, 0.25) is 0 Å². The van der Waals surface area contributed by atoms with Crippen LogP contribution in [0.4, 0.5) is 4.79 Å². The van der Waals surface area contributed by atoms with E-state index in [1.807, 2.05) is 6.08 Å². The first-order valence-electron chi connectivity index (χ1n) is 14.2. The van der Waals surface area contributed by atoms with Gasteiger partial charge in [0.25, 0.3) is 10.1 Å². The fourth-order valence-electron chi connectivity index (χ4n) is 5.59. The van der Waals surface area contributed by atoms with Crippen LogP contribution in [0, 0.1) is 5.92 Å². The average molecular weight is 667 g/mol. The van der Waals surface area contributed by atoms with Crippen molar-refractivity contribution in [2.45, 2.75) is 99.9 Å². The van der Waals surface area contributed by atoms with Gasteiger partial charge in [-0.25, -0.2) is 14.6 Å². The lowest BCUT2D eigenvalue weighted by molar-refractivity contribution is -0.138. The van der Waals surface area contributed by atoms with Crippen molar-refractivity contribution in [2.75, 3.05) is 6.54 Å². The highest BCUT2D eigenvalue weighted by Gasteiger charge is 2.65.